The molecule has 1 unspecified atom stereocenters. The van der Waals surface area contributed by atoms with Gasteiger partial charge in [-0.1, -0.05) is 0 Å². The van der Waals surface area contributed by atoms with Gasteiger partial charge in [0.1, 0.15) is 0 Å². The topological polar surface area (TPSA) is 15.3 Å². The summed E-state index contributed by atoms with van der Waals surface area (Å²) in [7, 11) is 0. The second kappa shape index (κ2) is 6.12. The lowest BCUT2D eigenvalue weighted by Gasteiger charge is -2.32. The second-order valence-corrected chi connectivity index (χ2v) is 6.09. The number of nitrogens with zero attached hydrogens (tertiary/aromatic N) is 1. The highest BCUT2D eigenvalue weighted by molar-refractivity contribution is 7.99. The quantitative estimate of drug-likeness (QED) is 0.700. The maximum atomic E-state index is 3.59. The normalized spacial score (nSPS) is 25.4. The molecule has 1 aliphatic heterocycles. The van der Waals surface area contributed by atoms with Crippen molar-refractivity contribution >= 4 is 11.8 Å². The fourth-order valence-corrected chi connectivity index (χ4v) is 3.12. The Kier molecular flexibility index (Phi) is 4.79. The maximum Gasteiger partial charge on any atom is 0.00755 e. The van der Waals surface area contributed by atoms with Crippen LogP contribution in [0.1, 0.15) is 32.6 Å². The van der Waals surface area contributed by atoms with Crippen LogP contribution in [0, 0.1) is 0 Å². The van der Waals surface area contributed by atoms with Crippen LogP contribution in [0.15, 0.2) is 0 Å². The zero-order chi connectivity index (χ0) is 10.5. The van der Waals surface area contributed by atoms with E-state index >= 15 is 0 Å². The van der Waals surface area contributed by atoms with Gasteiger partial charge in [-0.3, -0.25) is 4.90 Å². The van der Waals surface area contributed by atoms with Gasteiger partial charge < -0.3 is 5.32 Å². The first kappa shape index (κ1) is 11.7. The molecule has 2 fully saturated rings. The van der Waals surface area contributed by atoms with Crippen LogP contribution in [-0.4, -0.2) is 48.1 Å². The van der Waals surface area contributed by atoms with E-state index in [4.69, 9.17) is 0 Å². The van der Waals surface area contributed by atoms with Crippen LogP contribution < -0.4 is 5.32 Å². The van der Waals surface area contributed by atoms with Crippen LogP contribution >= 0.6 is 11.8 Å². The van der Waals surface area contributed by atoms with Crippen LogP contribution in [0.3, 0.4) is 0 Å². The number of thioether (sulfide) groups is 1. The molecular weight excluding hydrogens is 204 g/mol. The predicted octanol–water partition coefficient (Wildman–Crippen LogP) is 1.96. The molecule has 1 atom stereocenters. The van der Waals surface area contributed by atoms with Gasteiger partial charge in [-0.05, 0) is 39.2 Å². The molecule has 1 N–H and O–H groups in total. The molecule has 1 heterocycles. The summed E-state index contributed by atoms with van der Waals surface area (Å²) >= 11 is 2.10. The highest BCUT2D eigenvalue weighted by Crippen LogP contribution is 2.19. The van der Waals surface area contributed by atoms with Crippen LogP contribution in [0.2, 0.25) is 0 Å². The van der Waals surface area contributed by atoms with Crippen molar-refractivity contribution < 1.29 is 0 Å². The van der Waals surface area contributed by atoms with Gasteiger partial charge in [0.05, 0.1) is 0 Å². The van der Waals surface area contributed by atoms with Crippen LogP contribution in [0.25, 0.3) is 0 Å². The fourth-order valence-electron chi connectivity index (χ4n) is 2.19. The van der Waals surface area contributed by atoms with Crippen LogP contribution in [-0.2, 0) is 0 Å². The second-order valence-electron chi connectivity index (χ2n) is 4.87. The molecule has 2 rings (SSSR count). The molecule has 0 aromatic rings. The van der Waals surface area contributed by atoms with E-state index in [1.807, 2.05) is 0 Å². The maximum absolute atomic E-state index is 3.59. The summed E-state index contributed by atoms with van der Waals surface area (Å²) in [6, 6.07) is 1.68. The zero-order valence-electron chi connectivity index (χ0n) is 9.87. The Labute approximate surface area is 98.2 Å². The van der Waals surface area contributed by atoms with Gasteiger partial charge in [-0.2, -0.15) is 11.8 Å². The third kappa shape index (κ3) is 4.33. The minimum absolute atomic E-state index is 0.798. The van der Waals surface area contributed by atoms with E-state index < -0.39 is 0 Å². The van der Waals surface area contributed by atoms with Gasteiger partial charge in [0.2, 0.25) is 0 Å². The predicted molar refractivity (Wildman–Crippen MR) is 68.6 cm³/mol. The van der Waals surface area contributed by atoms with E-state index in [2.05, 4.69) is 28.9 Å². The highest BCUT2D eigenvalue weighted by atomic mass is 32.2. The highest BCUT2D eigenvalue weighted by Gasteiger charge is 2.20. The third-order valence-electron chi connectivity index (χ3n) is 3.48. The molecular formula is C12H24N2S. The molecule has 1 saturated heterocycles. The van der Waals surface area contributed by atoms with Gasteiger partial charge in [-0.15, -0.1) is 0 Å². The monoisotopic (exact) mass is 228 g/mol. The fraction of sp³-hybridized carbons (Fsp3) is 1.00. The standard InChI is InChI=1S/C12H24N2S/c1-11(14-7-9-15-10-8-14)3-2-6-13-12-4-5-12/h11-13H,2-10H2,1H3. The largest absolute Gasteiger partial charge is 0.314 e. The van der Waals surface area contributed by atoms with Gasteiger partial charge in [0, 0.05) is 36.7 Å². The summed E-state index contributed by atoms with van der Waals surface area (Å²) in [6.07, 6.45) is 5.55. The lowest BCUT2D eigenvalue weighted by Crippen LogP contribution is -2.39. The number of hydrogen-bond donors (Lipinski definition) is 1. The Bertz CT molecular complexity index is 176. The summed E-state index contributed by atoms with van der Waals surface area (Å²) in [5.41, 5.74) is 0. The first-order chi connectivity index (χ1) is 7.36. The lowest BCUT2D eigenvalue weighted by atomic mass is 10.1. The molecule has 0 amide bonds. The lowest BCUT2D eigenvalue weighted by molar-refractivity contribution is 0.217. The van der Waals surface area contributed by atoms with Crippen molar-refractivity contribution in [2.75, 3.05) is 31.1 Å². The Hall–Kier alpha value is 0.270. The zero-order valence-corrected chi connectivity index (χ0v) is 10.7. The summed E-state index contributed by atoms with van der Waals surface area (Å²) < 4.78 is 0. The first-order valence-corrected chi connectivity index (χ1v) is 7.57. The Morgan fingerprint density at radius 1 is 1.33 bits per heavy atom. The molecule has 0 spiro atoms. The van der Waals surface area contributed by atoms with Crippen molar-refractivity contribution in [3.63, 3.8) is 0 Å². The Morgan fingerprint density at radius 2 is 2.07 bits per heavy atom. The van der Waals surface area contributed by atoms with E-state index in [-0.39, 0.29) is 0 Å². The van der Waals surface area contributed by atoms with Crippen LogP contribution in [0.4, 0.5) is 0 Å². The summed E-state index contributed by atoms with van der Waals surface area (Å²) in [5.74, 6) is 2.68. The van der Waals surface area contributed by atoms with Crippen molar-refractivity contribution in [2.45, 2.75) is 44.7 Å². The van der Waals surface area contributed by atoms with Gasteiger partial charge >= 0.3 is 0 Å². The molecule has 0 aromatic carbocycles. The minimum atomic E-state index is 0.798. The first-order valence-electron chi connectivity index (χ1n) is 6.41. The molecule has 1 saturated carbocycles. The Balaban J connectivity index is 1.52. The molecule has 3 heteroatoms. The third-order valence-corrected chi connectivity index (χ3v) is 4.42. The molecule has 0 bridgehead atoms. The van der Waals surface area contributed by atoms with E-state index in [0.29, 0.717) is 0 Å². The van der Waals surface area contributed by atoms with Crippen LogP contribution in [0.5, 0.6) is 0 Å². The van der Waals surface area contributed by atoms with Crippen molar-refractivity contribution in [3.8, 4) is 0 Å². The van der Waals surface area contributed by atoms with Crippen molar-refractivity contribution in [1.82, 2.24) is 10.2 Å². The van der Waals surface area contributed by atoms with E-state index in [1.54, 1.807) is 0 Å². The molecule has 2 aliphatic rings. The Morgan fingerprint density at radius 3 is 2.73 bits per heavy atom. The van der Waals surface area contributed by atoms with E-state index in [0.717, 1.165) is 12.1 Å². The van der Waals surface area contributed by atoms with Gasteiger partial charge in [0.25, 0.3) is 0 Å². The number of nitrogens with one attached hydrogen (secondary N) is 1. The molecule has 0 radical (unpaired) electrons. The summed E-state index contributed by atoms with van der Waals surface area (Å²) in [6.45, 7) is 6.24. The van der Waals surface area contributed by atoms with Gasteiger partial charge in [-0.25, -0.2) is 0 Å². The van der Waals surface area contributed by atoms with Crippen molar-refractivity contribution in [2.24, 2.45) is 0 Å². The molecule has 2 nitrogen and oxygen atoms in total. The summed E-state index contributed by atoms with van der Waals surface area (Å²) in [5, 5.41) is 3.59. The molecule has 15 heavy (non-hydrogen) atoms. The SMILES string of the molecule is CC(CCCNC1CC1)N1CCSCC1. The molecule has 1 aliphatic carbocycles. The van der Waals surface area contributed by atoms with E-state index in [1.165, 1.54) is 56.8 Å². The number of rotatable bonds is 6. The molecule has 0 aromatic heterocycles. The van der Waals surface area contributed by atoms with Crippen molar-refractivity contribution in [3.05, 3.63) is 0 Å². The average Bonchev–Trinajstić information content (AvgIpc) is 3.09. The smallest absolute Gasteiger partial charge is 0.00755 e. The number of hydrogen-bond acceptors (Lipinski definition) is 3. The summed E-state index contributed by atoms with van der Waals surface area (Å²) in [4.78, 5) is 2.66. The van der Waals surface area contributed by atoms with E-state index in [9.17, 15) is 0 Å². The average molecular weight is 228 g/mol. The van der Waals surface area contributed by atoms with Gasteiger partial charge in [0.15, 0.2) is 0 Å². The minimum Gasteiger partial charge on any atom is -0.314 e. The van der Waals surface area contributed by atoms with Crippen molar-refractivity contribution in [1.29, 1.82) is 0 Å². The molecule has 88 valence electrons.